The molecule has 1 N–H and O–H groups in total. The van der Waals surface area contributed by atoms with Gasteiger partial charge in [0.05, 0.1) is 23.5 Å². The predicted octanol–water partition coefficient (Wildman–Crippen LogP) is 2.44. The molecular weight excluding hydrogens is 276 g/mol. The number of rotatable bonds is 3. The summed E-state index contributed by atoms with van der Waals surface area (Å²) in [5, 5.41) is 8.55. The van der Waals surface area contributed by atoms with Gasteiger partial charge in [-0.2, -0.15) is 10.2 Å². The molecule has 0 aliphatic carbocycles. The molecule has 0 bridgehead atoms. The summed E-state index contributed by atoms with van der Waals surface area (Å²) in [7, 11) is 0. The highest BCUT2D eigenvalue weighted by atomic mass is 16.2. The lowest BCUT2D eigenvalue weighted by molar-refractivity contribution is -0.116. The average Bonchev–Trinajstić information content (AvgIpc) is 2.96. The normalized spacial score (nSPS) is 16.0. The Morgan fingerprint density at radius 1 is 1.18 bits per heavy atom. The number of nitrogens with zero attached hydrogens (tertiary/aromatic N) is 3. The fourth-order valence-electron chi connectivity index (χ4n) is 2.56. The van der Waals surface area contributed by atoms with Gasteiger partial charge < -0.3 is 0 Å². The van der Waals surface area contributed by atoms with Crippen LogP contribution < -0.4 is 5.43 Å². The first-order chi connectivity index (χ1) is 10.6. The van der Waals surface area contributed by atoms with Crippen LogP contribution in [0.3, 0.4) is 0 Å². The van der Waals surface area contributed by atoms with E-state index in [1.54, 1.807) is 0 Å². The van der Waals surface area contributed by atoms with Crippen LogP contribution in [0.4, 0.5) is 0 Å². The number of amides is 1. The molecule has 3 rings (SSSR count). The number of benzene rings is 1. The van der Waals surface area contributed by atoms with Crippen LogP contribution in [0.2, 0.25) is 0 Å². The topological polar surface area (TPSA) is 59.3 Å². The third-order valence-electron chi connectivity index (χ3n) is 3.86. The van der Waals surface area contributed by atoms with Crippen LogP contribution in [-0.4, -0.2) is 21.4 Å². The zero-order chi connectivity index (χ0) is 15.7. The van der Waals surface area contributed by atoms with Crippen molar-refractivity contribution < 1.29 is 4.79 Å². The number of aromatic nitrogens is 2. The minimum atomic E-state index is -0.160. The summed E-state index contributed by atoms with van der Waals surface area (Å²) in [6.45, 7) is 6.52. The lowest BCUT2D eigenvalue weighted by Crippen LogP contribution is -2.12. The Morgan fingerprint density at radius 3 is 2.55 bits per heavy atom. The molecular formula is C17H18N4O. The number of carbonyl (C=O) groups excluding carboxylic acids is 1. The van der Waals surface area contributed by atoms with Crippen molar-refractivity contribution in [1.82, 2.24) is 15.2 Å². The lowest BCUT2D eigenvalue weighted by Gasteiger charge is -2.05. The lowest BCUT2D eigenvalue weighted by atomic mass is 10.1. The minimum absolute atomic E-state index is 0.160. The summed E-state index contributed by atoms with van der Waals surface area (Å²) < 4.78 is 1.97. The SMILES string of the molecule is CC1=NNC(=O)/C1=C\c1c(C)nn(Cc2ccccc2)c1C. The van der Waals surface area contributed by atoms with E-state index < -0.39 is 0 Å². The molecule has 1 aromatic heterocycles. The number of hydrazone groups is 1. The molecule has 2 heterocycles. The summed E-state index contributed by atoms with van der Waals surface area (Å²) in [6, 6.07) is 10.2. The van der Waals surface area contributed by atoms with Crippen LogP contribution in [0.25, 0.3) is 6.08 Å². The Kier molecular flexibility index (Phi) is 3.63. The predicted molar refractivity (Wildman–Crippen MR) is 86.5 cm³/mol. The standard InChI is InChI=1S/C17H18N4O/c1-11-16(17(22)19-18-11)9-15-12(2)20-21(13(15)3)10-14-7-5-4-6-8-14/h4-9H,10H2,1-3H3,(H,19,22)/b16-9-. The molecule has 1 aromatic carbocycles. The average molecular weight is 294 g/mol. The first-order valence-electron chi connectivity index (χ1n) is 7.21. The van der Waals surface area contributed by atoms with Gasteiger partial charge in [-0.25, -0.2) is 5.43 Å². The summed E-state index contributed by atoms with van der Waals surface area (Å²) in [6.07, 6.45) is 1.88. The molecule has 0 saturated heterocycles. The summed E-state index contributed by atoms with van der Waals surface area (Å²) in [4.78, 5) is 11.8. The van der Waals surface area contributed by atoms with Gasteiger partial charge in [0.15, 0.2) is 0 Å². The van der Waals surface area contributed by atoms with Gasteiger partial charge in [0.1, 0.15) is 0 Å². The molecule has 5 heteroatoms. The van der Waals surface area contributed by atoms with E-state index in [1.165, 1.54) is 5.56 Å². The van der Waals surface area contributed by atoms with Crippen molar-refractivity contribution in [1.29, 1.82) is 0 Å². The Balaban J connectivity index is 1.96. The van der Waals surface area contributed by atoms with Gasteiger partial charge in [0.2, 0.25) is 0 Å². The van der Waals surface area contributed by atoms with Crippen molar-refractivity contribution in [3.05, 3.63) is 58.4 Å². The largest absolute Gasteiger partial charge is 0.273 e. The highest BCUT2D eigenvalue weighted by Gasteiger charge is 2.20. The molecule has 22 heavy (non-hydrogen) atoms. The van der Waals surface area contributed by atoms with Crippen molar-refractivity contribution in [3.63, 3.8) is 0 Å². The molecule has 0 fully saturated rings. The van der Waals surface area contributed by atoms with Crippen LogP contribution >= 0.6 is 0 Å². The van der Waals surface area contributed by atoms with Crippen molar-refractivity contribution in [2.24, 2.45) is 5.10 Å². The Morgan fingerprint density at radius 2 is 1.91 bits per heavy atom. The summed E-state index contributed by atoms with van der Waals surface area (Å²) in [5.74, 6) is -0.160. The number of aryl methyl sites for hydroxylation is 1. The van der Waals surface area contributed by atoms with E-state index >= 15 is 0 Å². The molecule has 1 aliphatic heterocycles. The third kappa shape index (κ3) is 2.57. The molecule has 0 atom stereocenters. The van der Waals surface area contributed by atoms with Crippen LogP contribution in [-0.2, 0) is 11.3 Å². The second-order valence-corrected chi connectivity index (χ2v) is 5.42. The molecule has 5 nitrogen and oxygen atoms in total. The number of hydrogen-bond donors (Lipinski definition) is 1. The Bertz CT molecular complexity index is 784. The number of nitrogens with one attached hydrogen (secondary N) is 1. The zero-order valence-electron chi connectivity index (χ0n) is 12.9. The van der Waals surface area contributed by atoms with Crippen LogP contribution in [0, 0.1) is 13.8 Å². The molecule has 112 valence electrons. The monoisotopic (exact) mass is 294 g/mol. The Labute approximate surface area is 129 Å². The van der Waals surface area contributed by atoms with Gasteiger partial charge in [-0.3, -0.25) is 9.48 Å². The molecule has 1 aliphatic rings. The van der Waals surface area contributed by atoms with Gasteiger partial charge in [0, 0.05) is 11.3 Å². The highest BCUT2D eigenvalue weighted by Crippen LogP contribution is 2.20. The van der Waals surface area contributed by atoms with Gasteiger partial charge in [-0.15, -0.1) is 0 Å². The van der Waals surface area contributed by atoms with E-state index in [0.717, 1.165) is 23.5 Å². The first-order valence-corrected chi connectivity index (χ1v) is 7.21. The molecule has 0 unspecified atom stereocenters. The number of carbonyl (C=O) groups is 1. The van der Waals surface area contributed by atoms with E-state index in [2.05, 4.69) is 27.8 Å². The fourth-order valence-corrected chi connectivity index (χ4v) is 2.56. The van der Waals surface area contributed by atoms with Crippen LogP contribution in [0.1, 0.15) is 29.4 Å². The Hall–Kier alpha value is -2.69. The molecule has 1 amide bonds. The van der Waals surface area contributed by atoms with Gasteiger partial charge in [0.25, 0.3) is 5.91 Å². The fraction of sp³-hybridized carbons (Fsp3) is 0.235. The van der Waals surface area contributed by atoms with Gasteiger partial charge >= 0.3 is 0 Å². The van der Waals surface area contributed by atoms with E-state index in [0.29, 0.717) is 11.3 Å². The van der Waals surface area contributed by atoms with Crippen molar-refractivity contribution >= 4 is 17.7 Å². The van der Waals surface area contributed by atoms with Gasteiger partial charge in [-0.1, -0.05) is 30.3 Å². The molecule has 0 radical (unpaired) electrons. The van der Waals surface area contributed by atoms with Gasteiger partial charge in [-0.05, 0) is 32.4 Å². The summed E-state index contributed by atoms with van der Waals surface area (Å²) in [5.41, 5.74) is 7.92. The first kappa shape index (κ1) is 14.3. The molecule has 2 aromatic rings. The van der Waals surface area contributed by atoms with E-state index in [4.69, 9.17) is 0 Å². The maximum atomic E-state index is 11.8. The van der Waals surface area contributed by atoms with Crippen molar-refractivity contribution in [3.8, 4) is 0 Å². The second-order valence-electron chi connectivity index (χ2n) is 5.42. The maximum Gasteiger partial charge on any atom is 0.273 e. The van der Waals surface area contributed by atoms with E-state index in [-0.39, 0.29) is 5.91 Å². The zero-order valence-corrected chi connectivity index (χ0v) is 12.9. The van der Waals surface area contributed by atoms with Crippen LogP contribution in [0.5, 0.6) is 0 Å². The second kappa shape index (κ2) is 5.60. The van der Waals surface area contributed by atoms with E-state index in [9.17, 15) is 4.79 Å². The number of hydrogen-bond acceptors (Lipinski definition) is 3. The highest BCUT2D eigenvalue weighted by molar-refractivity contribution is 6.26. The molecule has 0 spiro atoms. The maximum absolute atomic E-state index is 11.8. The van der Waals surface area contributed by atoms with E-state index in [1.807, 2.05) is 49.7 Å². The summed E-state index contributed by atoms with van der Waals surface area (Å²) >= 11 is 0. The third-order valence-corrected chi connectivity index (χ3v) is 3.86. The van der Waals surface area contributed by atoms with Crippen molar-refractivity contribution in [2.45, 2.75) is 27.3 Å². The smallest absolute Gasteiger partial charge is 0.267 e. The van der Waals surface area contributed by atoms with Crippen molar-refractivity contribution in [2.75, 3.05) is 0 Å². The van der Waals surface area contributed by atoms with Crippen LogP contribution in [0.15, 0.2) is 41.0 Å². The quantitative estimate of drug-likeness (QED) is 0.884. The molecule has 0 saturated carbocycles. The minimum Gasteiger partial charge on any atom is -0.267 e.